The van der Waals surface area contributed by atoms with Gasteiger partial charge in [-0.25, -0.2) is 0 Å². The molecule has 27 heavy (non-hydrogen) atoms. The van der Waals surface area contributed by atoms with E-state index >= 15 is 0 Å². The quantitative estimate of drug-likeness (QED) is 0.771. The Morgan fingerprint density at radius 1 is 1.22 bits per heavy atom. The fourth-order valence-electron chi connectivity index (χ4n) is 4.14. The van der Waals surface area contributed by atoms with Crippen molar-refractivity contribution >= 4 is 17.8 Å². The van der Waals surface area contributed by atoms with Crippen molar-refractivity contribution < 1.29 is 19.5 Å². The van der Waals surface area contributed by atoms with E-state index in [4.69, 9.17) is 0 Å². The van der Waals surface area contributed by atoms with Gasteiger partial charge in [-0.2, -0.15) is 0 Å². The standard InChI is InChI=1S/C20H27N3O4/c24-18-10-16(13-22(18)12-15-6-5-9-21-11-15)20(27)23(14-19(25)26)17-7-3-1-2-4-8-17/h5-6,9,11,16-17H,1-4,7-8,10,12-14H2,(H,25,26). The smallest absolute Gasteiger partial charge is 0.323 e. The molecule has 1 unspecified atom stereocenters. The third-order valence-electron chi connectivity index (χ3n) is 5.51. The van der Waals surface area contributed by atoms with Gasteiger partial charge in [0.25, 0.3) is 0 Å². The Balaban J connectivity index is 1.68. The zero-order valence-corrected chi connectivity index (χ0v) is 15.5. The largest absolute Gasteiger partial charge is 0.480 e. The van der Waals surface area contributed by atoms with E-state index in [9.17, 15) is 19.5 Å². The molecule has 1 aliphatic carbocycles. The average Bonchev–Trinajstić information content (AvgIpc) is 2.86. The van der Waals surface area contributed by atoms with E-state index in [1.165, 1.54) is 4.90 Å². The molecule has 1 aromatic heterocycles. The van der Waals surface area contributed by atoms with Gasteiger partial charge in [-0.15, -0.1) is 0 Å². The van der Waals surface area contributed by atoms with Crippen molar-refractivity contribution in [3.63, 3.8) is 0 Å². The highest BCUT2D eigenvalue weighted by Crippen LogP contribution is 2.27. The van der Waals surface area contributed by atoms with Crippen LogP contribution in [0.15, 0.2) is 24.5 Å². The van der Waals surface area contributed by atoms with Gasteiger partial charge in [0.1, 0.15) is 6.54 Å². The summed E-state index contributed by atoms with van der Waals surface area (Å²) in [5, 5.41) is 9.30. The summed E-state index contributed by atoms with van der Waals surface area (Å²) in [5.41, 5.74) is 0.921. The molecule has 1 aliphatic heterocycles. The minimum absolute atomic E-state index is 0.0291. The normalized spacial score (nSPS) is 21.1. The summed E-state index contributed by atoms with van der Waals surface area (Å²) >= 11 is 0. The maximum Gasteiger partial charge on any atom is 0.323 e. The average molecular weight is 373 g/mol. The minimum atomic E-state index is -0.996. The summed E-state index contributed by atoms with van der Waals surface area (Å²) in [6.45, 7) is 0.491. The Labute approximate surface area is 159 Å². The Bertz CT molecular complexity index is 671. The number of aliphatic carboxylic acids is 1. The van der Waals surface area contributed by atoms with Gasteiger partial charge < -0.3 is 14.9 Å². The van der Waals surface area contributed by atoms with Gasteiger partial charge in [0.2, 0.25) is 11.8 Å². The van der Waals surface area contributed by atoms with E-state index in [-0.39, 0.29) is 30.8 Å². The number of nitrogens with zero attached hydrogens (tertiary/aromatic N) is 3. The SMILES string of the molecule is O=C(O)CN(C(=O)C1CC(=O)N(Cc2cccnc2)C1)C1CCCCCC1. The number of likely N-dealkylation sites (tertiary alicyclic amines) is 1. The molecule has 0 radical (unpaired) electrons. The van der Waals surface area contributed by atoms with Gasteiger partial charge in [-0.3, -0.25) is 19.4 Å². The summed E-state index contributed by atoms with van der Waals surface area (Å²) in [7, 11) is 0. The third-order valence-corrected chi connectivity index (χ3v) is 5.51. The number of carbonyl (C=O) groups excluding carboxylic acids is 2. The molecule has 146 valence electrons. The van der Waals surface area contributed by atoms with Crippen LogP contribution in [0.1, 0.15) is 50.5 Å². The Morgan fingerprint density at radius 2 is 1.96 bits per heavy atom. The molecule has 0 spiro atoms. The summed E-state index contributed by atoms with van der Waals surface area (Å²) in [6, 6.07) is 3.69. The van der Waals surface area contributed by atoms with Gasteiger partial charge in [0, 0.05) is 37.9 Å². The lowest BCUT2D eigenvalue weighted by molar-refractivity contribution is -0.148. The highest BCUT2D eigenvalue weighted by atomic mass is 16.4. The molecule has 2 heterocycles. The van der Waals surface area contributed by atoms with Crippen LogP contribution in [0.4, 0.5) is 0 Å². The fraction of sp³-hybridized carbons (Fsp3) is 0.600. The molecule has 7 heteroatoms. The molecule has 0 bridgehead atoms. The Kier molecular flexibility index (Phi) is 6.42. The predicted molar refractivity (Wildman–Crippen MR) is 98.6 cm³/mol. The molecule has 1 saturated heterocycles. The van der Waals surface area contributed by atoms with Crippen molar-refractivity contribution in [1.29, 1.82) is 0 Å². The number of carboxylic acids is 1. The van der Waals surface area contributed by atoms with Crippen LogP contribution in [0.3, 0.4) is 0 Å². The molecule has 1 saturated carbocycles. The number of amides is 2. The number of carbonyl (C=O) groups is 3. The highest BCUT2D eigenvalue weighted by Gasteiger charge is 2.39. The van der Waals surface area contributed by atoms with Gasteiger partial charge in [-0.05, 0) is 24.5 Å². The van der Waals surface area contributed by atoms with Crippen LogP contribution < -0.4 is 0 Å². The zero-order valence-electron chi connectivity index (χ0n) is 15.5. The number of aromatic nitrogens is 1. The topological polar surface area (TPSA) is 90.8 Å². The van der Waals surface area contributed by atoms with Crippen molar-refractivity contribution in [3.8, 4) is 0 Å². The first-order valence-corrected chi connectivity index (χ1v) is 9.73. The molecule has 2 aliphatic rings. The van der Waals surface area contributed by atoms with Gasteiger partial charge in [0.15, 0.2) is 0 Å². The number of rotatable bonds is 6. The lowest BCUT2D eigenvalue weighted by Crippen LogP contribution is -2.46. The number of pyridine rings is 1. The van der Waals surface area contributed by atoms with Crippen molar-refractivity contribution in [3.05, 3.63) is 30.1 Å². The third kappa shape index (κ3) is 5.05. The first kappa shape index (κ1) is 19.3. The van der Waals surface area contributed by atoms with Gasteiger partial charge >= 0.3 is 5.97 Å². The molecule has 2 fully saturated rings. The van der Waals surface area contributed by atoms with E-state index in [0.29, 0.717) is 13.1 Å². The first-order chi connectivity index (χ1) is 13.0. The Hall–Kier alpha value is -2.44. The van der Waals surface area contributed by atoms with Crippen LogP contribution in [-0.4, -0.2) is 56.8 Å². The molecule has 0 aromatic carbocycles. The lowest BCUT2D eigenvalue weighted by atomic mass is 10.0. The predicted octanol–water partition coefficient (Wildman–Crippen LogP) is 2.07. The number of hydrogen-bond acceptors (Lipinski definition) is 4. The van der Waals surface area contributed by atoms with E-state index in [0.717, 1.165) is 44.1 Å². The van der Waals surface area contributed by atoms with Crippen LogP contribution in [0.25, 0.3) is 0 Å². The second-order valence-electron chi connectivity index (χ2n) is 7.54. The number of hydrogen-bond donors (Lipinski definition) is 1. The highest BCUT2D eigenvalue weighted by molar-refractivity contribution is 5.90. The molecular weight excluding hydrogens is 346 g/mol. The second kappa shape index (κ2) is 8.97. The van der Waals surface area contributed by atoms with E-state index in [1.807, 2.05) is 12.1 Å². The van der Waals surface area contributed by atoms with Gasteiger partial charge in [0.05, 0.1) is 5.92 Å². The van der Waals surface area contributed by atoms with Gasteiger partial charge in [-0.1, -0.05) is 31.7 Å². The fourth-order valence-corrected chi connectivity index (χ4v) is 4.14. The van der Waals surface area contributed by atoms with Crippen LogP contribution in [-0.2, 0) is 20.9 Å². The van der Waals surface area contributed by atoms with Crippen molar-refractivity contribution in [2.45, 2.75) is 57.5 Å². The minimum Gasteiger partial charge on any atom is -0.480 e. The molecule has 7 nitrogen and oxygen atoms in total. The van der Waals surface area contributed by atoms with Crippen molar-refractivity contribution in [1.82, 2.24) is 14.8 Å². The summed E-state index contributed by atoms with van der Waals surface area (Å²) < 4.78 is 0. The maximum atomic E-state index is 13.1. The van der Waals surface area contributed by atoms with Crippen LogP contribution >= 0.6 is 0 Å². The molecule has 1 aromatic rings. The maximum absolute atomic E-state index is 13.1. The summed E-state index contributed by atoms with van der Waals surface area (Å²) in [4.78, 5) is 44.1. The van der Waals surface area contributed by atoms with E-state index in [2.05, 4.69) is 4.98 Å². The lowest BCUT2D eigenvalue weighted by Gasteiger charge is -2.32. The molecule has 1 N–H and O–H groups in total. The zero-order chi connectivity index (χ0) is 19.2. The van der Waals surface area contributed by atoms with E-state index < -0.39 is 11.9 Å². The second-order valence-corrected chi connectivity index (χ2v) is 7.54. The monoisotopic (exact) mass is 373 g/mol. The Morgan fingerprint density at radius 3 is 2.59 bits per heavy atom. The van der Waals surface area contributed by atoms with Crippen molar-refractivity contribution in [2.24, 2.45) is 5.92 Å². The molecular formula is C20H27N3O4. The first-order valence-electron chi connectivity index (χ1n) is 9.73. The molecule has 2 amide bonds. The van der Waals surface area contributed by atoms with Crippen LogP contribution in [0.2, 0.25) is 0 Å². The van der Waals surface area contributed by atoms with E-state index in [1.54, 1.807) is 17.3 Å². The van der Waals surface area contributed by atoms with Crippen LogP contribution in [0, 0.1) is 5.92 Å². The number of carboxylic acid groups (broad SMARTS) is 1. The molecule has 1 atom stereocenters. The summed E-state index contributed by atoms with van der Waals surface area (Å²) in [6.07, 6.45) is 9.54. The van der Waals surface area contributed by atoms with Crippen LogP contribution in [0.5, 0.6) is 0 Å². The van der Waals surface area contributed by atoms with Crippen molar-refractivity contribution in [2.75, 3.05) is 13.1 Å². The molecule has 3 rings (SSSR count). The summed E-state index contributed by atoms with van der Waals surface area (Å²) in [5.74, 6) is -1.71.